The molecule has 2 heterocycles. The molecule has 5 nitrogen and oxygen atoms in total. The van der Waals surface area contributed by atoms with E-state index in [4.69, 9.17) is 15.2 Å². The maximum absolute atomic E-state index is 12.0. The highest BCUT2D eigenvalue weighted by molar-refractivity contribution is 7.19. The van der Waals surface area contributed by atoms with E-state index in [1.54, 1.807) is 7.11 Å². The standard InChI is InChI=1S/C14H22N2O3S/c1-5-10(17)13-11(15)12(18-4)14(20-13)16-6-8(2)19-9(3)7-16/h8-9H,5-7,15H2,1-4H3. The molecule has 0 saturated carbocycles. The third-order valence-electron chi connectivity index (χ3n) is 3.37. The van der Waals surface area contributed by atoms with Crippen LogP contribution < -0.4 is 15.4 Å². The summed E-state index contributed by atoms with van der Waals surface area (Å²) < 4.78 is 11.2. The Balaban J connectivity index is 2.38. The molecule has 2 unspecified atom stereocenters. The lowest BCUT2D eigenvalue weighted by Gasteiger charge is -2.36. The molecule has 20 heavy (non-hydrogen) atoms. The number of carbonyl (C=O) groups excluding carboxylic acids is 1. The van der Waals surface area contributed by atoms with Crippen molar-refractivity contribution in [1.82, 2.24) is 0 Å². The lowest BCUT2D eigenvalue weighted by molar-refractivity contribution is -0.00510. The number of nitrogen functional groups attached to an aromatic ring is 1. The first kappa shape index (κ1) is 15.1. The number of nitrogens with two attached hydrogens (primary N) is 1. The summed E-state index contributed by atoms with van der Waals surface area (Å²) in [5, 5.41) is 0.934. The van der Waals surface area contributed by atoms with E-state index in [2.05, 4.69) is 4.90 Å². The van der Waals surface area contributed by atoms with E-state index in [1.165, 1.54) is 11.3 Å². The molecule has 1 saturated heterocycles. The number of methoxy groups -OCH3 is 1. The van der Waals surface area contributed by atoms with Gasteiger partial charge in [0.05, 0.1) is 29.9 Å². The van der Waals surface area contributed by atoms with E-state index in [0.717, 1.165) is 18.1 Å². The molecule has 2 atom stereocenters. The van der Waals surface area contributed by atoms with Crippen molar-refractivity contribution in [3.63, 3.8) is 0 Å². The SMILES string of the molecule is CCC(=O)c1sc(N2CC(C)OC(C)C2)c(OC)c1N. The Morgan fingerprint density at radius 3 is 2.55 bits per heavy atom. The number of carbonyl (C=O) groups is 1. The molecule has 1 fully saturated rings. The summed E-state index contributed by atoms with van der Waals surface area (Å²) >= 11 is 1.42. The first-order valence-electron chi connectivity index (χ1n) is 6.87. The average Bonchev–Trinajstić information content (AvgIpc) is 2.73. The minimum Gasteiger partial charge on any atom is -0.492 e. The molecule has 0 bridgehead atoms. The number of ketones is 1. The number of anilines is 2. The van der Waals surface area contributed by atoms with Gasteiger partial charge in [0.15, 0.2) is 11.5 Å². The predicted octanol–water partition coefficient (Wildman–Crippen LogP) is 2.55. The topological polar surface area (TPSA) is 64.8 Å². The number of ether oxygens (including phenoxy) is 2. The molecule has 0 radical (unpaired) electrons. The Labute approximate surface area is 123 Å². The smallest absolute Gasteiger partial charge is 0.177 e. The first-order chi connectivity index (χ1) is 9.47. The number of morpholine rings is 1. The van der Waals surface area contributed by atoms with Gasteiger partial charge in [0.25, 0.3) is 0 Å². The second kappa shape index (κ2) is 6.01. The van der Waals surface area contributed by atoms with Crippen LogP contribution in [0.4, 0.5) is 10.7 Å². The van der Waals surface area contributed by atoms with Crippen molar-refractivity contribution in [2.45, 2.75) is 39.4 Å². The van der Waals surface area contributed by atoms with Crippen molar-refractivity contribution >= 4 is 27.8 Å². The highest BCUT2D eigenvalue weighted by atomic mass is 32.1. The maximum Gasteiger partial charge on any atom is 0.177 e. The van der Waals surface area contributed by atoms with Crippen LogP contribution in [-0.4, -0.2) is 38.2 Å². The van der Waals surface area contributed by atoms with E-state index in [0.29, 0.717) is 22.7 Å². The molecule has 2 rings (SSSR count). The molecular weight excluding hydrogens is 276 g/mol. The van der Waals surface area contributed by atoms with Gasteiger partial charge in [-0.2, -0.15) is 0 Å². The van der Waals surface area contributed by atoms with Crippen molar-refractivity contribution in [3.05, 3.63) is 4.88 Å². The molecule has 0 amide bonds. The minimum absolute atomic E-state index is 0.0615. The van der Waals surface area contributed by atoms with E-state index in [9.17, 15) is 4.79 Å². The van der Waals surface area contributed by atoms with Gasteiger partial charge >= 0.3 is 0 Å². The van der Waals surface area contributed by atoms with Crippen LogP contribution in [0.3, 0.4) is 0 Å². The highest BCUT2D eigenvalue weighted by Crippen LogP contribution is 2.45. The molecule has 2 N–H and O–H groups in total. The fraction of sp³-hybridized carbons (Fsp3) is 0.643. The van der Waals surface area contributed by atoms with Gasteiger partial charge < -0.3 is 20.1 Å². The molecular formula is C14H22N2O3S. The molecule has 0 aromatic carbocycles. The Bertz CT molecular complexity index is 491. The second-order valence-electron chi connectivity index (χ2n) is 5.12. The van der Waals surface area contributed by atoms with E-state index in [-0.39, 0.29) is 18.0 Å². The lowest BCUT2D eigenvalue weighted by Crippen LogP contribution is -2.45. The molecule has 1 aliphatic heterocycles. The van der Waals surface area contributed by atoms with Crippen molar-refractivity contribution in [1.29, 1.82) is 0 Å². The third kappa shape index (κ3) is 2.76. The first-order valence-corrected chi connectivity index (χ1v) is 7.69. The monoisotopic (exact) mass is 298 g/mol. The Morgan fingerprint density at radius 2 is 2.05 bits per heavy atom. The fourth-order valence-electron chi connectivity index (χ4n) is 2.53. The predicted molar refractivity (Wildman–Crippen MR) is 82.1 cm³/mol. The van der Waals surface area contributed by atoms with Gasteiger partial charge in [0, 0.05) is 19.5 Å². The Morgan fingerprint density at radius 1 is 1.45 bits per heavy atom. The van der Waals surface area contributed by atoms with E-state index in [1.807, 2.05) is 20.8 Å². The van der Waals surface area contributed by atoms with Crippen LogP contribution in [0, 0.1) is 0 Å². The highest BCUT2D eigenvalue weighted by Gasteiger charge is 2.29. The van der Waals surface area contributed by atoms with Crippen LogP contribution in [0.15, 0.2) is 0 Å². The largest absolute Gasteiger partial charge is 0.492 e. The summed E-state index contributed by atoms with van der Waals surface area (Å²) in [6.45, 7) is 7.49. The second-order valence-corrected chi connectivity index (χ2v) is 6.12. The van der Waals surface area contributed by atoms with Crippen LogP contribution in [0.5, 0.6) is 5.75 Å². The van der Waals surface area contributed by atoms with Crippen LogP contribution in [0.1, 0.15) is 36.9 Å². The zero-order chi connectivity index (χ0) is 14.9. The summed E-state index contributed by atoms with van der Waals surface area (Å²) in [7, 11) is 1.59. The average molecular weight is 298 g/mol. The Hall–Kier alpha value is -1.27. The number of rotatable bonds is 4. The molecule has 0 spiro atoms. The van der Waals surface area contributed by atoms with E-state index < -0.39 is 0 Å². The molecule has 1 aromatic rings. The van der Waals surface area contributed by atoms with Crippen LogP contribution in [-0.2, 0) is 4.74 Å². The number of Topliss-reactive ketones (excluding diaryl/α,β-unsaturated/α-hetero) is 1. The maximum atomic E-state index is 12.0. The molecule has 1 aliphatic rings. The molecule has 0 aliphatic carbocycles. The van der Waals surface area contributed by atoms with Gasteiger partial charge in [-0.3, -0.25) is 4.79 Å². The van der Waals surface area contributed by atoms with Gasteiger partial charge in [0.2, 0.25) is 0 Å². The van der Waals surface area contributed by atoms with Crippen LogP contribution >= 0.6 is 11.3 Å². The van der Waals surface area contributed by atoms with E-state index >= 15 is 0 Å². The summed E-state index contributed by atoms with van der Waals surface area (Å²) in [4.78, 5) is 14.8. The van der Waals surface area contributed by atoms with Gasteiger partial charge in [-0.15, -0.1) is 11.3 Å². The number of nitrogens with zero attached hydrogens (tertiary/aromatic N) is 1. The normalized spacial score (nSPS) is 22.9. The molecule has 1 aromatic heterocycles. The zero-order valence-electron chi connectivity index (χ0n) is 12.4. The summed E-state index contributed by atoms with van der Waals surface area (Å²) in [6.07, 6.45) is 0.748. The van der Waals surface area contributed by atoms with Gasteiger partial charge in [-0.1, -0.05) is 6.92 Å². The third-order valence-corrected chi connectivity index (χ3v) is 4.66. The van der Waals surface area contributed by atoms with Crippen LogP contribution in [0.25, 0.3) is 0 Å². The van der Waals surface area contributed by atoms with Crippen molar-refractivity contribution in [2.75, 3.05) is 30.8 Å². The van der Waals surface area contributed by atoms with Crippen molar-refractivity contribution in [3.8, 4) is 5.75 Å². The molecule has 6 heteroatoms. The quantitative estimate of drug-likeness (QED) is 0.865. The minimum atomic E-state index is 0.0615. The van der Waals surface area contributed by atoms with Crippen molar-refractivity contribution in [2.24, 2.45) is 0 Å². The van der Waals surface area contributed by atoms with Gasteiger partial charge in [-0.25, -0.2) is 0 Å². The summed E-state index contributed by atoms with van der Waals surface area (Å²) in [6, 6.07) is 0. The fourth-order valence-corrected chi connectivity index (χ4v) is 3.75. The zero-order valence-corrected chi connectivity index (χ0v) is 13.3. The number of hydrogen-bond acceptors (Lipinski definition) is 6. The van der Waals surface area contributed by atoms with Gasteiger partial charge in [0.1, 0.15) is 5.00 Å². The summed E-state index contributed by atoms with van der Waals surface area (Å²) in [5.41, 5.74) is 6.54. The number of thiophene rings is 1. The van der Waals surface area contributed by atoms with Crippen molar-refractivity contribution < 1.29 is 14.3 Å². The van der Waals surface area contributed by atoms with Crippen LogP contribution in [0.2, 0.25) is 0 Å². The summed E-state index contributed by atoms with van der Waals surface area (Å²) in [5.74, 6) is 0.680. The number of hydrogen-bond donors (Lipinski definition) is 1. The lowest BCUT2D eigenvalue weighted by atomic mass is 10.2. The Kier molecular flexibility index (Phi) is 4.55. The van der Waals surface area contributed by atoms with Gasteiger partial charge in [-0.05, 0) is 13.8 Å². The molecule has 112 valence electrons.